The summed E-state index contributed by atoms with van der Waals surface area (Å²) in [4.78, 5) is 26.8. The number of carbonyl (C=O) groups excluding carboxylic acids is 2. The fourth-order valence-electron chi connectivity index (χ4n) is 1.98. The first-order valence-electron chi connectivity index (χ1n) is 6.51. The molecule has 1 fully saturated rings. The van der Waals surface area contributed by atoms with Gasteiger partial charge in [0.05, 0.1) is 13.1 Å². The molecule has 0 aromatic heterocycles. The van der Waals surface area contributed by atoms with E-state index in [1.165, 1.54) is 4.90 Å². The first-order chi connectivity index (χ1) is 8.52. The predicted octanol–water partition coefficient (Wildman–Crippen LogP) is -0.996. The van der Waals surface area contributed by atoms with Gasteiger partial charge in [-0.3, -0.25) is 14.5 Å². The van der Waals surface area contributed by atoms with Gasteiger partial charge in [-0.25, -0.2) is 0 Å². The summed E-state index contributed by atoms with van der Waals surface area (Å²) in [5.74, 6) is -0.134. The smallest absolute Gasteiger partial charge is 0.239 e. The summed E-state index contributed by atoms with van der Waals surface area (Å²) in [6.07, 6.45) is 1.88. The van der Waals surface area contributed by atoms with Crippen molar-refractivity contribution in [1.82, 2.24) is 15.1 Å². The number of piperidine rings is 1. The SMILES string of the molecule is CCNC(=O)CN(C)C(=O)CN1CCC(N)CC1. The molecule has 1 aliphatic rings. The summed E-state index contributed by atoms with van der Waals surface area (Å²) in [5.41, 5.74) is 5.81. The molecule has 0 saturated carbocycles. The zero-order valence-electron chi connectivity index (χ0n) is 11.3. The molecule has 104 valence electrons. The van der Waals surface area contributed by atoms with Crippen LogP contribution in [0, 0.1) is 0 Å². The average molecular weight is 256 g/mol. The number of amides is 2. The van der Waals surface area contributed by atoms with Gasteiger partial charge in [-0.15, -0.1) is 0 Å². The van der Waals surface area contributed by atoms with E-state index in [0.717, 1.165) is 25.9 Å². The number of likely N-dealkylation sites (N-methyl/N-ethyl adjacent to an activating group) is 2. The minimum Gasteiger partial charge on any atom is -0.355 e. The van der Waals surface area contributed by atoms with E-state index in [0.29, 0.717) is 13.1 Å². The molecule has 1 heterocycles. The van der Waals surface area contributed by atoms with E-state index in [-0.39, 0.29) is 24.4 Å². The van der Waals surface area contributed by atoms with Crippen LogP contribution in [0.5, 0.6) is 0 Å². The third kappa shape index (κ3) is 5.01. The molecule has 0 aromatic carbocycles. The Bertz CT molecular complexity index is 288. The molecular weight excluding hydrogens is 232 g/mol. The first-order valence-corrected chi connectivity index (χ1v) is 6.51. The molecule has 1 saturated heterocycles. The molecule has 0 aliphatic carbocycles. The van der Waals surface area contributed by atoms with Gasteiger partial charge < -0.3 is 16.0 Å². The van der Waals surface area contributed by atoms with Crippen LogP contribution in [-0.4, -0.2) is 67.4 Å². The van der Waals surface area contributed by atoms with Gasteiger partial charge in [0.15, 0.2) is 0 Å². The molecule has 0 unspecified atom stereocenters. The number of hydrogen-bond donors (Lipinski definition) is 2. The quantitative estimate of drug-likeness (QED) is 0.661. The van der Waals surface area contributed by atoms with Crippen LogP contribution in [0.4, 0.5) is 0 Å². The topological polar surface area (TPSA) is 78.7 Å². The first kappa shape index (κ1) is 14.9. The Labute approximate surface area is 108 Å². The lowest BCUT2D eigenvalue weighted by Crippen LogP contribution is -2.46. The zero-order valence-corrected chi connectivity index (χ0v) is 11.3. The third-order valence-corrected chi connectivity index (χ3v) is 3.17. The van der Waals surface area contributed by atoms with Gasteiger partial charge in [-0.1, -0.05) is 0 Å². The fraction of sp³-hybridized carbons (Fsp3) is 0.833. The lowest BCUT2D eigenvalue weighted by molar-refractivity contribution is -0.135. The Morgan fingerprint density at radius 2 is 2.00 bits per heavy atom. The van der Waals surface area contributed by atoms with Crippen LogP contribution in [-0.2, 0) is 9.59 Å². The van der Waals surface area contributed by atoms with Crippen molar-refractivity contribution in [3.63, 3.8) is 0 Å². The highest BCUT2D eigenvalue weighted by Gasteiger charge is 2.20. The third-order valence-electron chi connectivity index (χ3n) is 3.17. The molecule has 2 amide bonds. The summed E-state index contributed by atoms with van der Waals surface area (Å²) >= 11 is 0. The van der Waals surface area contributed by atoms with E-state index in [4.69, 9.17) is 5.73 Å². The lowest BCUT2D eigenvalue weighted by atomic mass is 10.1. The van der Waals surface area contributed by atoms with Crippen LogP contribution in [0.25, 0.3) is 0 Å². The van der Waals surface area contributed by atoms with Gasteiger partial charge in [0.1, 0.15) is 0 Å². The Hall–Kier alpha value is -1.14. The van der Waals surface area contributed by atoms with Crippen LogP contribution in [0.15, 0.2) is 0 Å². The van der Waals surface area contributed by atoms with E-state index in [1.807, 2.05) is 6.92 Å². The molecule has 0 radical (unpaired) electrons. The minimum absolute atomic E-state index is 0.0169. The fourth-order valence-corrected chi connectivity index (χ4v) is 1.98. The second-order valence-electron chi connectivity index (χ2n) is 4.82. The minimum atomic E-state index is -0.117. The summed E-state index contributed by atoms with van der Waals surface area (Å²) in [6.45, 7) is 4.67. The Morgan fingerprint density at radius 3 is 2.56 bits per heavy atom. The van der Waals surface area contributed by atoms with Gasteiger partial charge in [-0.05, 0) is 19.8 Å². The van der Waals surface area contributed by atoms with E-state index < -0.39 is 0 Å². The van der Waals surface area contributed by atoms with E-state index in [1.54, 1.807) is 7.05 Å². The number of hydrogen-bond acceptors (Lipinski definition) is 4. The zero-order chi connectivity index (χ0) is 13.5. The lowest BCUT2D eigenvalue weighted by Gasteiger charge is -2.30. The Morgan fingerprint density at radius 1 is 1.39 bits per heavy atom. The summed E-state index contributed by atoms with van der Waals surface area (Å²) in [7, 11) is 1.66. The van der Waals surface area contributed by atoms with E-state index in [2.05, 4.69) is 10.2 Å². The monoisotopic (exact) mass is 256 g/mol. The van der Waals surface area contributed by atoms with Crippen molar-refractivity contribution >= 4 is 11.8 Å². The highest BCUT2D eigenvalue weighted by atomic mass is 16.2. The number of nitrogens with one attached hydrogen (secondary N) is 1. The van der Waals surface area contributed by atoms with Gasteiger partial charge >= 0.3 is 0 Å². The summed E-state index contributed by atoms with van der Waals surface area (Å²) in [6, 6.07) is 0.268. The number of nitrogens with two attached hydrogens (primary N) is 1. The Kier molecular flexibility index (Phi) is 6.07. The number of rotatable bonds is 5. The van der Waals surface area contributed by atoms with Crippen LogP contribution >= 0.6 is 0 Å². The van der Waals surface area contributed by atoms with Crippen molar-refractivity contribution in [2.45, 2.75) is 25.8 Å². The highest BCUT2D eigenvalue weighted by molar-refractivity contribution is 5.85. The highest BCUT2D eigenvalue weighted by Crippen LogP contribution is 2.07. The van der Waals surface area contributed by atoms with Crippen molar-refractivity contribution < 1.29 is 9.59 Å². The van der Waals surface area contributed by atoms with Gasteiger partial charge in [0.2, 0.25) is 11.8 Å². The summed E-state index contributed by atoms with van der Waals surface area (Å²) < 4.78 is 0. The molecule has 1 aliphatic heterocycles. The normalized spacial score (nSPS) is 17.5. The second kappa shape index (κ2) is 7.33. The van der Waals surface area contributed by atoms with Crippen LogP contribution in [0.1, 0.15) is 19.8 Å². The van der Waals surface area contributed by atoms with Crippen molar-refractivity contribution in [2.75, 3.05) is 39.8 Å². The molecular formula is C12H24N4O2. The molecule has 18 heavy (non-hydrogen) atoms. The molecule has 0 aromatic rings. The maximum atomic E-state index is 11.9. The molecule has 6 heteroatoms. The van der Waals surface area contributed by atoms with E-state index >= 15 is 0 Å². The maximum Gasteiger partial charge on any atom is 0.239 e. The van der Waals surface area contributed by atoms with Crippen LogP contribution in [0.3, 0.4) is 0 Å². The number of nitrogens with zero attached hydrogens (tertiary/aromatic N) is 2. The van der Waals surface area contributed by atoms with Crippen molar-refractivity contribution in [2.24, 2.45) is 5.73 Å². The van der Waals surface area contributed by atoms with Crippen LogP contribution < -0.4 is 11.1 Å². The van der Waals surface area contributed by atoms with E-state index in [9.17, 15) is 9.59 Å². The second-order valence-corrected chi connectivity index (χ2v) is 4.82. The van der Waals surface area contributed by atoms with Gasteiger partial charge in [-0.2, -0.15) is 0 Å². The van der Waals surface area contributed by atoms with Crippen LogP contribution in [0.2, 0.25) is 0 Å². The average Bonchev–Trinajstić information content (AvgIpc) is 2.32. The Balaban J connectivity index is 2.29. The number of likely N-dealkylation sites (tertiary alicyclic amines) is 1. The maximum absolute atomic E-state index is 11.9. The molecule has 6 nitrogen and oxygen atoms in total. The van der Waals surface area contributed by atoms with Crippen molar-refractivity contribution in [1.29, 1.82) is 0 Å². The standard InChI is InChI=1S/C12H24N4O2/c1-3-14-11(17)8-15(2)12(18)9-16-6-4-10(13)5-7-16/h10H,3-9,13H2,1-2H3,(H,14,17). The van der Waals surface area contributed by atoms with Crippen molar-refractivity contribution in [3.8, 4) is 0 Å². The molecule has 0 atom stereocenters. The van der Waals surface area contributed by atoms with Gasteiger partial charge in [0.25, 0.3) is 0 Å². The largest absolute Gasteiger partial charge is 0.355 e. The molecule has 3 N–H and O–H groups in total. The van der Waals surface area contributed by atoms with Gasteiger partial charge in [0, 0.05) is 32.7 Å². The van der Waals surface area contributed by atoms with Crippen molar-refractivity contribution in [3.05, 3.63) is 0 Å². The molecule has 0 bridgehead atoms. The molecule has 0 spiro atoms. The summed E-state index contributed by atoms with van der Waals surface area (Å²) in [5, 5.41) is 2.68. The predicted molar refractivity (Wildman–Crippen MR) is 70.0 cm³/mol. The molecule has 1 rings (SSSR count). The number of carbonyl (C=O) groups is 2.